The van der Waals surface area contributed by atoms with Gasteiger partial charge in [0, 0.05) is 26.7 Å². The molecule has 9 heteroatoms. The van der Waals surface area contributed by atoms with E-state index < -0.39 is 28.7 Å². The van der Waals surface area contributed by atoms with E-state index in [2.05, 4.69) is 5.32 Å². The van der Waals surface area contributed by atoms with Crippen LogP contribution < -0.4 is 9.62 Å². The van der Waals surface area contributed by atoms with Crippen LogP contribution in [-0.4, -0.2) is 62.2 Å². The predicted octanol–water partition coefficient (Wildman–Crippen LogP) is 3.95. The van der Waals surface area contributed by atoms with Gasteiger partial charge in [-0.3, -0.25) is 9.59 Å². The SMILES string of the molecule is CC[C@@H](C)NC(=O)[C@H](CC)N(Cc1cccc(C)c1)C(=O)CN(c1cc(C)ccc1C)S(=O)(=O)N(C)C. The average molecular weight is 531 g/mol. The summed E-state index contributed by atoms with van der Waals surface area (Å²) in [4.78, 5) is 28.7. The Morgan fingerprint density at radius 2 is 1.59 bits per heavy atom. The van der Waals surface area contributed by atoms with Crippen LogP contribution in [0.25, 0.3) is 0 Å². The van der Waals surface area contributed by atoms with Gasteiger partial charge in [-0.1, -0.05) is 55.8 Å². The third-order valence-corrected chi connectivity index (χ3v) is 8.28. The Labute approximate surface area is 222 Å². The summed E-state index contributed by atoms with van der Waals surface area (Å²) in [5.41, 5.74) is 3.96. The summed E-state index contributed by atoms with van der Waals surface area (Å²) in [6, 6.07) is 12.5. The Balaban J connectivity index is 2.56. The third-order valence-electron chi connectivity index (χ3n) is 6.47. The number of nitrogens with one attached hydrogen (secondary N) is 1. The van der Waals surface area contributed by atoms with Crippen LogP contribution in [0.5, 0.6) is 0 Å². The van der Waals surface area contributed by atoms with Crippen LogP contribution in [0.2, 0.25) is 0 Å². The first-order chi connectivity index (χ1) is 17.3. The number of hydrogen-bond acceptors (Lipinski definition) is 4. The van der Waals surface area contributed by atoms with E-state index >= 15 is 0 Å². The number of hydrogen-bond donors (Lipinski definition) is 1. The van der Waals surface area contributed by atoms with Crippen molar-refractivity contribution in [3.63, 3.8) is 0 Å². The normalized spacial score (nSPS) is 13.2. The fourth-order valence-corrected chi connectivity index (χ4v) is 5.17. The van der Waals surface area contributed by atoms with E-state index in [9.17, 15) is 18.0 Å². The lowest BCUT2D eigenvalue weighted by atomic mass is 10.1. The number of anilines is 1. The second kappa shape index (κ2) is 13.1. The summed E-state index contributed by atoms with van der Waals surface area (Å²) in [6.45, 7) is 11.2. The molecule has 0 aliphatic carbocycles. The van der Waals surface area contributed by atoms with Crippen molar-refractivity contribution in [1.82, 2.24) is 14.5 Å². The summed E-state index contributed by atoms with van der Waals surface area (Å²) < 4.78 is 29.1. The van der Waals surface area contributed by atoms with Crippen LogP contribution in [0, 0.1) is 20.8 Å². The van der Waals surface area contributed by atoms with Gasteiger partial charge in [0.15, 0.2) is 0 Å². The molecule has 0 aromatic heterocycles. The molecule has 1 N–H and O–H groups in total. The van der Waals surface area contributed by atoms with Gasteiger partial charge in [0.05, 0.1) is 5.69 Å². The lowest BCUT2D eigenvalue weighted by Gasteiger charge is -2.34. The molecule has 0 saturated heterocycles. The minimum Gasteiger partial charge on any atom is -0.352 e. The van der Waals surface area contributed by atoms with Gasteiger partial charge in [-0.25, -0.2) is 4.31 Å². The fraction of sp³-hybridized carbons (Fsp3) is 0.500. The average Bonchev–Trinajstić information content (AvgIpc) is 2.83. The molecular weight excluding hydrogens is 488 g/mol. The number of nitrogens with zero attached hydrogens (tertiary/aromatic N) is 3. The van der Waals surface area contributed by atoms with Gasteiger partial charge >= 0.3 is 10.2 Å². The molecule has 2 aromatic rings. The lowest BCUT2D eigenvalue weighted by Crippen LogP contribution is -2.54. The quantitative estimate of drug-likeness (QED) is 0.450. The maximum absolute atomic E-state index is 14.0. The van der Waals surface area contributed by atoms with E-state index in [1.54, 1.807) is 6.07 Å². The summed E-state index contributed by atoms with van der Waals surface area (Å²) in [6.07, 6.45) is 1.15. The van der Waals surface area contributed by atoms with E-state index in [4.69, 9.17) is 0 Å². The van der Waals surface area contributed by atoms with Gasteiger partial charge in [0.1, 0.15) is 12.6 Å². The van der Waals surface area contributed by atoms with Crippen molar-refractivity contribution in [2.75, 3.05) is 24.9 Å². The molecule has 2 rings (SSSR count). The largest absolute Gasteiger partial charge is 0.352 e. The first-order valence-corrected chi connectivity index (χ1v) is 14.1. The van der Waals surface area contributed by atoms with Gasteiger partial charge in [0.25, 0.3) is 0 Å². The number of aryl methyl sites for hydroxylation is 3. The zero-order valence-corrected chi connectivity index (χ0v) is 24.2. The zero-order valence-electron chi connectivity index (χ0n) is 23.4. The Kier molecular flexibility index (Phi) is 10.7. The summed E-state index contributed by atoms with van der Waals surface area (Å²) >= 11 is 0. The van der Waals surface area contributed by atoms with Crippen molar-refractivity contribution >= 4 is 27.7 Å². The Hall–Kier alpha value is -2.91. The monoisotopic (exact) mass is 530 g/mol. The van der Waals surface area contributed by atoms with E-state index in [0.29, 0.717) is 12.1 Å². The molecule has 0 radical (unpaired) electrons. The molecular formula is C28H42N4O4S. The molecule has 0 heterocycles. The Bertz CT molecular complexity index is 1200. The van der Waals surface area contributed by atoms with Crippen LogP contribution >= 0.6 is 0 Å². The van der Waals surface area contributed by atoms with Crippen molar-refractivity contribution in [3.05, 3.63) is 64.7 Å². The van der Waals surface area contributed by atoms with Crippen molar-refractivity contribution < 1.29 is 18.0 Å². The summed E-state index contributed by atoms with van der Waals surface area (Å²) in [7, 11) is -1.11. The second-order valence-electron chi connectivity index (χ2n) is 9.84. The number of carbonyl (C=O) groups is 2. The maximum Gasteiger partial charge on any atom is 0.304 e. The zero-order chi connectivity index (χ0) is 27.9. The second-order valence-corrected chi connectivity index (χ2v) is 11.9. The lowest BCUT2D eigenvalue weighted by molar-refractivity contribution is -0.140. The standard InChI is InChI=1S/C28H42N4O4S/c1-9-23(6)29-28(34)25(10-2)31(18-24-13-11-12-20(3)16-24)27(33)19-32(37(35,36)30(7)8)26-17-21(4)14-15-22(26)5/h11-17,23,25H,9-10,18-19H2,1-8H3,(H,29,34)/t23-,25+/m1/s1. The molecule has 2 aromatic carbocycles. The molecule has 0 bridgehead atoms. The van der Waals surface area contributed by atoms with Crippen molar-refractivity contribution in [2.24, 2.45) is 0 Å². The summed E-state index contributed by atoms with van der Waals surface area (Å²) in [5, 5.41) is 2.99. The van der Waals surface area contributed by atoms with Crippen molar-refractivity contribution in [2.45, 2.75) is 73.0 Å². The smallest absolute Gasteiger partial charge is 0.304 e. The molecule has 0 aliphatic rings. The highest BCUT2D eigenvalue weighted by Gasteiger charge is 2.34. The fourth-order valence-electron chi connectivity index (χ4n) is 4.06. The van der Waals surface area contributed by atoms with E-state index in [-0.39, 0.29) is 18.5 Å². The molecule has 0 unspecified atom stereocenters. The maximum atomic E-state index is 14.0. The topological polar surface area (TPSA) is 90.0 Å². The minimum atomic E-state index is -4.00. The van der Waals surface area contributed by atoms with Crippen molar-refractivity contribution in [1.29, 1.82) is 0 Å². The van der Waals surface area contributed by atoms with Crippen LogP contribution in [-0.2, 0) is 26.3 Å². The van der Waals surface area contributed by atoms with Crippen LogP contribution in [0.15, 0.2) is 42.5 Å². The number of rotatable bonds is 12. The molecule has 0 aliphatic heterocycles. The molecule has 0 fully saturated rings. The van der Waals surface area contributed by atoms with Gasteiger partial charge in [-0.15, -0.1) is 0 Å². The molecule has 2 amide bonds. The molecule has 204 valence electrons. The van der Waals surface area contributed by atoms with E-state index in [0.717, 1.165) is 37.3 Å². The molecule has 0 saturated carbocycles. The van der Waals surface area contributed by atoms with Gasteiger partial charge < -0.3 is 10.2 Å². The first-order valence-electron chi connectivity index (χ1n) is 12.7. The highest BCUT2D eigenvalue weighted by Crippen LogP contribution is 2.26. The minimum absolute atomic E-state index is 0.0435. The van der Waals surface area contributed by atoms with Gasteiger partial charge in [-0.05, 0) is 63.3 Å². The van der Waals surface area contributed by atoms with E-state index in [1.165, 1.54) is 19.0 Å². The van der Waals surface area contributed by atoms with Gasteiger partial charge in [-0.2, -0.15) is 12.7 Å². The molecule has 8 nitrogen and oxygen atoms in total. The third kappa shape index (κ3) is 7.79. The van der Waals surface area contributed by atoms with E-state index in [1.807, 2.05) is 77.9 Å². The first kappa shape index (κ1) is 30.3. The number of amides is 2. The molecule has 2 atom stereocenters. The molecule has 37 heavy (non-hydrogen) atoms. The Morgan fingerprint density at radius 1 is 0.946 bits per heavy atom. The number of benzene rings is 2. The van der Waals surface area contributed by atoms with Crippen molar-refractivity contribution in [3.8, 4) is 0 Å². The molecule has 0 spiro atoms. The predicted molar refractivity (Wildman–Crippen MR) is 150 cm³/mol. The number of carbonyl (C=O) groups excluding carboxylic acids is 2. The summed E-state index contributed by atoms with van der Waals surface area (Å²) in [5.74, 6) is -0.689. The van der Waals surface area contributed by atoms with Crippen LogP contribution in [0.3, 0.4) is 0 Å². The van der Waals surface area contributed by atoms with Crippen LogP contribution in [0.4, 0.5) is 5.69 Å². The highest BCUT2D eigenvalue weighted by atomic mass is 32.2. The van der Waals surface area contributed by atoms with Gasteiger partial charge in [0.2, 0.25) is 11.8 Å². The highest BCUT2D eigenvalue weighted by molar-refractivity contribution is 7.90. The van der Waals surface area contributed by atoms with Crippen LogP contribution in [0.1, 0.15) is 55.9 Å². The Morgan fingerprint density at radius 3 is 2.16 bits per heavy atom.